The van der Waals surface area contributed by atoms with Gasteiger partial charge >= 0.3 is 8.93 Å². The highest BCUT2D eigenvalue weighted by atomic mass is 32.1. The number of hydrogen-bond acceptors (Lipinski definition) is 3. The van der Waals surface area contributed by atoms with Crippen molar-refractivity contribution in [1.82, 2.24) is 0 Å². The highest BCUT2D eigenvalue weighted by molar-refractivity contribution is 7.80. The average Bonchev–Trinajstić information content (AvgIpc) is 1.65. The summed E-state index contributed by atoms with van der Waals surface area (Å²) >= 11 is 3.70. The Balaban J connectivity index is 3.34. The van der Waals surface area contributed by atoms with E-state index in [4.69, 9.17) is 10.5 Å². The molecule has 0 radical (unpaired) electrons. The van der Waals surface area contributed by atoms with Crippen LogP contribution in [0.15, 0.2) is 0 Å². The van der Waals surface area contributed by atoms with Crippen molar-refractivity contribution in [3.05, 3.63) is 0 Å². The third kappa shape index (κ3) is 2.78. The van der Waals surface area contributed by atoms with Gasteiger partial charge in [0.2, 0.25) is 0 Å². The Hall–Kier alpha value is 0.127. The molecule has 7 heavy (non-hydrogen) atoms. The van der Waals surface area contributed by atoms with Crippen molar-refractivity contribution in [2.24, 2.45) is 5.73 Å². The van der Waals surface area contributed by atoms with E-state index in [1.54, 1.807) is 0 Å². The molecule has 0 heterocycles. The van der Waals surface area contributed by atoms with Crippen LogP contribution in [0.4, 0.5) is 0 Å². The van der Waals surface area contributed by atoms with E-state index in [2.05, 4.69) is 12.6 Å². The predicted molar refractivity (Wildman–Crippen MR) is 30.5 cm³/mol. The quantitative estimate of drug-likeness (QED) is 0.327. The zero-order valence-electron chi connectivity index (χ0n) is 3.66. The van der Waals surface area contributed by atoms with Gasteiger partial charge in [-0.1, -0.05) is 0 Å². The molecule has 0 rings (SSSR count). The molecule has 0 saturated carbocycles. The van der Waals surface area contributed by atoms with Crippen LogP contribution >= 0.6 is 12.6 Å². The Labute approximate surface area is 48.7 Å². The largest absolute Gasteiger partial charge is 0.539 e. The molecule has 0 aromatic carbocycles. The zero-order valence-corrected chi connectivity index (χ0v) is 5.56. The maximum absolute atomic E-state index is 9.94. The summed E-state index contributed by atoms with van der Waals surface area (Å²) in [7, 11) is -2.51. The molecule has 42 valence electrons. The van der Waals surface area contributed by atoms with Gasteiger partial charge < -0.3 is 15.0 Å². The Kier molecular flexibility index (Phi) is 3.23. The fraction of sp³-hybridized carbons (Fsp3) is 1.00. The SMILES string of the molecule is NC(CS)[Si](=O)O. The molecule has 5 heteroatoms. The molecule has 0 saturated heterocycles. The van der Waals surface area contributed by atoms with Crippen LogP contribution in [-0.4, -0.2) is 25.1 Å². The van der Waals surface area contributed by atoms with Crippen LogP contribution in [0.2, 0.25) is 0 Å². The van der Waals surface area contributed by atoms with Gasteiger partial charge in [0.05, 0.1) is 5.67 Å². The predicted octanol–water partition coefficient (Wildman–Crippen LogP) is -1.31. The fourth-order valence-electron chi connectivity index (χ4n) is 0.0781. The summed E-state index contributed by atoms with van der Waals surface area (Å²) in [5.41, 5.74) is 4.39. The summed E-state index contributed by atoms with van der Waals surface area (Å²) in [6.45, 7) is 0. The first kappa shape index (κ1) is 7.13. The summed E-state index contributed by atoms with van der Waals surface area (Å²) in [5.74, 6) is 0.272. The first-order valence-corrected chi connectivity index (χ1v) is 3.84. The average molecular weight is 137 g/mol. The Morgan fingerprint density at radius 3 is 2.43 bits per heavy atom. The van der Waals surface area contributed by atoms with Gasteiger partial charge in [0.1, 0.15) is 0 Å². The third-order valence-corrected chi connectivity index (χ3v) is 2.09. The van der Waals surface area contributed by atoms with Crippen molar-refractivity contribution in [2.45, 2.75) is 5.67 Å². The molecule has 0 aromatic rings. The summed E-state index contributed by atoms with van der Waals surface area (Å²) < 4.78 is 9.94. The monoisotopic (exact) mass is 137 g/mol. The highest BCUT2D eigenvalue weighted by Crippen LogP contribution is 1.78. The molecule has 0 aromatic heterocycles. The van der Waals surface area contributed by atoms with Gasteiger partial charge in [-0.25, -0.2) is 0 Å². The van der Waals surface area contributed by atoms with Crippen molar-refractivity contribution in [2.75, 3.05) is 5.75 Å². The fourth-order valence-corrected chi connectivity index (χ4v) is 0.703. The minimum Gasteiger partial charge on any atom is -0.539 e. The molecule has 0 spiro atoms. The van der Waals surface area contributed by atoms with Crippen LogP contribution in [0.1, 0.15) is 0 Å². The highest BCUT2D eigenvalue weighted by Gasteiger charge is 2.11. The number of hydrogen-bond donors (Lipinski definition) is 3. The van der Waals surface area contributed by atoms with Crippen molar-refractivity contribution in [3.63, 3.8) is 0 Å². The summed E-state index contributed by atoms with van der Waals surface area (Å²) in [5, 5.41) is 0. The number of rotatable bonds is 2. The molecule has 1 atom stereocenters. The van der Waals surface area contributed by atoms with Gasteiger partial charge in [0, 0.05) is 5.75 Å². The molecule has 1 unspecified atom stereocenters. The second-order valence-corrected chi connectivity index (χ2v) is 2.91. The van der Waals surface area contributed by atoms with Gasteiger partial charge in [-0.15, -0.1) is 0 Å². The lowest BCUT2D eigenvalue weighted by molar-refractivity contribution is 0.435. The van der Waals surface area contributed by atoms with Crippen LogP contribution in [0.5, 0.6) is 0 Å². The lowest BCUT2D eigenvalue weighted by Gasteiger charge is -1.94. The molecule has 3 N–H and O–H groups in total. The lowest BCUT2D eigenvalue weighted by Crippen LogP contribution is -2.33. The maximum atomic E-state index is 9.94. The summed E-state index contributed by atoms with van der Waals surface area (Å²) in [4.78, 5) is 8.19. The van der Waals surface area contributed by atoms with Crippen molar-refractivity contribution in [1.29, 1.82) is 0 Å². The van der Waals surface area contributed by atoms with E-state index in [9.17, 15) is 4.46 Å². The number of thiol groups is 1. The molecular weight excluding hydrogens is 130 g/mol. The van der Waals surface area contributed by atoms with Crippen molar-refractivity contribution in [3.8, 4) is 0 Å². The van der Waals surface area contributed by atoms with Crippen LogP contribution < -0.4 is 5.73 Å². The lowest BCUT2D eigenvalue weighted by atomic mass is 10.8. The zero-order chi connectivity index (χ0) is 5.86. The van der Waals surface area contributed by atoms with Crippen molar-refractivity contribution >= 4 is 21.6 Å². The maximum Gasteiger partial charge on any atom is 0.518 e. The van der Waals surface area contributed by atoms with Gasteiger partial charge in [0.25, 0.3) is 0 Å². The van der Waals surface area contributed by atoms with E-state index >= 15 is 0 Å². The standard InChI is InChI=1S/C2H7NO2SSi/c3-2(1-6)7(4)5/h2,4,6H,1,3H2. The number of nitrogens with two attached hydrogens (primary N) is 1. The van der Waals surface area contributed by atoms with E-state index in [1.165, 1.54) is 0 Å². The van der Waals surface area contributed by atoms with E-state index in [0.717, 1.165) is 0 Å². The molecule has 0 aliphatic carbocycles. The van der Waals surface area contributed by atoms with E-state index in [1.807, 2.05) is 0 Å². The second kappa shape index (κ2) is 3.17. The van der Waals surface area contributed by atoms with E-state index in [-0.39, 0.29) is 5.75 Å². The van der Waals surface area contributed by atoms with Gasteiger partial charge in [-0.3, -0.25) is 0 Å². The second-order valence-electron chi connectivity index (χ2n) is 1.13. The summed E-state index contributed by atoms with van der Waals surface area (Å²) in [6.07, 6.45) is 0. The van der Waals surface area contributed by atoms with Gasteiger partial charge in [0.15, 0.2) is 0 Å². The Bertz CT molecular complexity index is 78.1. The minimum absolute atomic E-state index is 0.272. The van der Waals surface area contributed by atoms with Gasteiger partial charge in [-0.2, -0.15) is 12.6 Å². The molecule has 0 aliphatic heterocycles. The first-order valence-electron chi connectivity index (χ1n) is 1.77. The molecule has 0 aliphatic rings. The molecule has 0 bridgehead atoms. The molecule has 0 amide bonds. The summed E-state index contributed by atoms with van der Waals surface area (Å²) in [6, 6.07) is 0. The van der Waals surface area contributed by atoms with Crippen LogP contribution in [0, 0.1) is 0 Å². The molecule has 3 nitrogen and oxygen atoms in total. The third-order valence-electron chi connectivity index (χ3n) is 0.514. The smallest absolute Gasteiger partial charge is 0.518 e. The normalized spacial score (nSPS) is 13.4. The van der Waals surface area contributed by atoms with Crippen LogP contribution in [0.3, 0.4) is 0 Å². The van der Waals surface area contributed by atoms with Crippen LogP contribution in [0.25, 0.3) is 0 Å². The van der Waals surface area contributed by atoms with Crippen LogP contribution in [-0.2, 0) is 4.46 Å². The van der Waals surface area contributed by atoms with E-state index < -0.39 is 14.6 Å². The van der Waals surface area contributed by atoms with Gasteiger partial charge in [-0.05, 0) is 0 Å². The van der Waals surface area contributed by atoms with E-state index in [0.29, 0.717) is 0 Å². The van der Waals surface area contributed by atoms with Crippen molar-refractivity contribution < 1.29 is 9.26 Å². The molecular formula is C2H7NO2SSi. The first-order chi connectivity index (χ1) is 3.18. The minimum atomic E-state index is -2.51. The topological polar surface area (TPSA) is 63.3 Å². The molecule has 0 fully saturated rings. The Morgan fingerprint density at radius 2 is 2.43 bits per heavy atom. The Morgan fingerprint density at radius 1 is 2.00 bits per heavy atom.